The van der Waals surface area contributed by atoms with E-state index in [0.717, 1.165) is 31.1 Å². The highest BCUT2D eigenvalue weighted by Crippen LogP contribution is 2.28. The summed E-state index contributed by atoms with van der Waals surface area (Å²) in [5, 5.41) is 6.73. The molecule has 1 aliphatic heterocycles. The Labute approximate surface area is 182 Å². The molecule has 0 unspecified atom stereocenters. The number of para-hydroxylation sites is 1. The smallest absolute Gasteiger partial charge is 0.234 e. The number of aromatic nitrogens is 2. The Morgan fingerprint density at radius 3 is 2.53 bits per heavy atom. The lowest BCUT2D eigenvalue weighted by Gasteiger charge is -2.30. The maximum atomic E-state index is 6.00. The van der Waals surface area contributed by atoms with Gasteiger partial charge in [-0.1, -0.05) is 42.5 Å². The summed E-state index contributed by atoms with van der Waals surface area (Å²) in [4.78, 5) is 11.5. The van der Waals surface area contributed by atoms with Gasteiger partial charge in [0.25, 0.3) is 0 Å². The second-order valence-corrected chi connectivity index (χ2v) is 7.90. The lowest BCUT2D eigenvalue weighted by molar-refractivity contribution is 0.462. The molecule has 0 aliphatic carbocycles. The van der Waals surface area contributed by atoms with Gasteiger partial charge in [0.15, 0.2) is 5.11 Å². The van der Waals surface area contributed by atoms with Crippen LogP contribution in [-0.2, 0) is 13.0 Å². The third kappa shape index (κ3) is 5.04. The van der Waals surface area contributed by atoms with Crippen molar-refractivity contribution in [2.45, 2.75) is 32.9 Å². The fraction of sp³-hybridized carbons (Fsp3) is 0.261. The number of nitrogens with one attached hydrogen (secondary N) is 2. The monoisotopic (exact) mass is 419 g/mol. The van der Waals surface area contributed by atoms with Gasteiger partial charge >= 0.3 is 0 Å². The molecule has 0 atom stereocenters. The summed E-state index contributed by atoms with van der Waals surface area (Å²) < 4.78 is 6.00. The average Bonchev–Trinajstić information content (AvgIpc) is 2.73. The molecule has 1 aromatic heterocycles. The molecule has 30 heavy (non-hydrogen) atoms. The zero-order valence-corrected chi connectivity index (χ0v) is 17.9. The quantitative estimate of drug-likeness (QED) is 0.589. The third-order valence-electron chi connectivity index (χ3n) is 4.75. The predicted octanol–water partition coefficient (Wildman–Crippen LogP) is 4.53. The molecule has 3 aromatic rings. The van der Waals surface area contributed by atoms with E-state index in [-0.39, 0.29) is 6.04 Å². The normalized spacial score (nSPS) is 13.0. The zero-order valence-electron chi connectivity index (χ0n) is 17.1. The van der Waals surface area contributed by atoms with Crippen LogP contribution in [-0.4, -0.2) is 27.7 Å². The summed E-state index contributed by atoms with van der Waals surface area (Å²) in [7, 11) is 0. The number of benzene rings is 2. The Morgan fingerprint density at radius 1 is 1.03 bits per heavy atom. The number of thiocarbonyl (C=S) groups is 1. The van der Waals surface area contributed by atoms with E-state index in [2.05, 4.69) is 44.8 Å². The second-order valence-electron chi connectivity index (χ2n) is 7.50. The van der Waals surface area contributed by atoms with Gasteiger partial charge in [0, 0.05) is 25.2 Å². The van der Waals surface area contributed by atoms with E-state index in [1.807, 2.05) is 50.2 Å². The van der Waals surface area contributed by atoms with Gasteiger partial charge in [-0.3, -0.25) is 0 Å². The molecule has 2 aromatic carbocycles. The van der Waals surface area contributed by atoms with Crippen molar-refractivity contribution in [2.75, 3.05) is 16.8 Å². The fourth-order valence-corrected chi connectivity index (χ4v) is 3.71. The summed E-state index contributed by atoms with van der Waals surface area (Å²) in [6.45, 7) is 5.74. The Balaban J connectivity index is 1.62. The van der Waals surface area contributed by atoms with E-state index >= 15 is 0 Å². The molecular formula is C23H25N5OS. The van der Waals surface area contributed by atoms with Gasteiger partial charge in [-0.05, 0) is 55.7 Å². The van der Waals surface area contributed by atoms with Crippen molar-refractivity contribution in [1.82, 2.24) is 15.3 Å². The van der Waals surface area contributed by atoms with E-state index in [0.29, 0.717) is 16.9 Å². The molecule has 2 N–H and O–H groups in total. The van der Waals surface area contributed by atoms with Gasteiger partial charge in [0.2, 0.25) is 11.8 Å². The molecule has 6 nitrogen and oxygen atoms in total. The summed E-state index contributed by atoms with van der Waals surface area (Å²) in [5.41, 5.74) is 2.71. The van der Waals surface area contributed by atoms with Crippen LogP contribution in [0.1, 0.15) is 25.0 Å². The summed E-state index contributed by atoms with van der Waals surface area (Å²) >= 11 is 5.38. The van der Waals surface area contributed by atoms with E-state index in [9.17, 15) is 0 Å². The second kappa shape index (κ2) is 9.09. The number of nitrogens with zero attached hydrogens (tertiary/aromatic N) is 3. The first-order chi connectivity index (χ1) is 14.6. The number of hydrogen-bond acceptors (Lipinski definition) is 5. The van der Waals surface area contributed by atoms with Crippen LogP contribution < -0.4 is 20.3 Å². The molecule has 0 amide bonds. The topological polar surface area (TPSA) is 62.3 Å². The highest BCUT2D eigenvalue weighted by molar-refractivity contribution is 7.80. The average molecular weight is 420 g/mol. The fourth-order valence-electron chi connectivity index (χ4n) is 3.38. The molecular weight excluding hydrogens is 394 g/mol. The number of hydrogen-bond donors (Lipinski definition) is 2. The van der Waals surface area contributed by atoms with Crippen molar-refractivity contribution < 1.29 is 4.74 Å². The van der Waals surface area contributed by atoms with Gasteiger partial charge in [-0.25, -0.2) is 0 Å². The Kier molecular flexibility index (Phi) is 6.09. The lowest BCUT2D eigenvalue weighted by Crippen LogP contribution is -2.35. The van der Waals surface area contributed by atoms with Crippen molar-refractivity contribution in [3.05, 3.63) is 71.8 Å². The molecule has 0 radical (unpaired) electrons. The molecule has 0 saturated carbocycles. The molecule has 4 rings (SSSR count). The lowest BCUT2D eigenvalue weighted by atomic mass is 10.00. The molecule has 1 aliphatic rings. The summed E-state index contributed by atoms with van der Waals surface area (Å²) in [6, 6.07) is 20.2. The SMILES string of the molecule is CC(C)NC(=S)Nc1nc(Oc2ccccc2)cc(N2CCc3ccccc3C2)n1. The van der Waals surface area contributed by atoms with E-state index in [4.69, 9.17) is 21.9 Å². The van der Waals surface area contributed by atoms with Crippen LogP contribution in [0.4, 0.5) is 11.8 Å². The highest BCUT2D eigenvalue weighted by atomic mass is 32.1. The number of ether oxygens (including phenoxy) is 1. The van der Waals surface area contributed by atoms with Gasteiger partial charge in [-0.15, -0.1) is 0 Å². The van der Waals surface area contributed by atoms with Crippen LogP contribution in [0.5, 0.6) is 11.6 Å². The Hall–Kier alpha value is -3.19. The Morgan fingerprint density at radius 2 is 1.77 bits per heavy atom. The molecule has 7 heteroatoms. The first kappa shape index (κ1) is 20.1. The predicted molar refractivity (Wildman–Crippen MR) is 124 cm³/mol. The van der Waals surface area contributed by atoms with Gasteiger partial charge < -0.3 is 20.3 Å². The first-order valence-electron chi connectivity index (χ1n) is 10.1. The molecule has 0 fully saturated rings. The summed E-state index contributed by atoms with van der Waals surface area (Å²) in [6.07, 6.45) is 0.977. The zero-order chi connectivity index (χ0) is 20.9. The third-order valence-corrected chi connectivity index (χ3v) is 4.97. The van der Waals surface area contributed by atoms with Crippen molar-refractivity contribution in [1.29, 1.82) is 0 Å². The van der Waals surface area contributed by atoms with Gasteiger partial charge in [-0.2, -0.15) is 9.97 Å². The highest BCUT2D eigenvalue weighted by Gasteiger charge is 2.19. The number of fused-ring (bicyclic) bond motifs is 1. The van der Waals surface area contributed by atoms with Crippen LogP contribution >= 0.6 is 12.2 Å². The van der Waals surface area contributed by atoms with Crippen LogP contribution in [0.15, 0.2) is 60.7 Å². The van der Waals surface area contributed by atoms with Crippen LogP contribution in [0.3, 0.4) is 0 Å². The van der Waals surface area contributed by atoms with Crippen LogP contribution in [0.2, 0.25) is 0 Å². The maximum absolute atomic E-state index is 6.00. The van der Waals surface area contributed by atoms with Crippen molar-refractivity contribution in [3.8, 4) is 11.6 Å². The van der Waals surface area contributed by atoms with E-state index in [1.165, 1.54) is 11.1 Å². The van der Waals surface area contributed by atoms with E-state index < -0.39 is 0 Å². The molecule has 0 saturated heterocycles. The Bertz CT molecular complexity index is 1030. The van der Waals surface area contributed by atoms with Crippen molar-refractivity contribution in [3.63, 3.8) is 0 Å². The van der Waals surface area contributed by atoms with Crippen LogP contribution in [0.25, 0.3) is 0 Å². The maximum Gasteiger partial charge on any atom is 0.234 e. The van der Waals surface area contributed by atoms with Gasteiger partial charge in [0.05, 0.1) is 0 Å². The molecule has 0 spiro atoms. The van der Waals surface area contributed by atoms with Crippen molar-refractivity contribution in [2.24, 2.45) is 0 Å². The molecule has 154 valence electrons. The van der Waals surface area contributed by atoms with E-state index in [1.54, 1.807) is 0 Å². The minimum atomic E-state index is 0.215. The number of rotatable bonds is 5. The number of anilines is 2. The summed E-state index contributed by atoms with van der Waals surface area (Å²) in [5.74, 6) is 2.41. The first-order valence-corrected chi connectivity index (χ1v) is 10.5. The standard InChI is InChI=1S/C23H25N5OS/c1-16(2)24-23(30)27-22-25-20(14-21(26-22)29-19-10-4-3-5-11-19)28-13-12-17-8-6-7-9-18(17)15-28/h3-11,14,16H,12-13,15H2,1-2H3,(H2,24,25,26,27,30). The minimum absolute atomic E-state index is 0.215. The van der Waals surface area contributed by atoms with Crippen LogP contribution in [0, 0.1) is 0 Å². The molecule has 2 heterocycles. The molecule has 0 bridgehead atoms. The minimum Gasteiger partial charge on any atom is -0.439 e. The van der Waals surface area contributed by atoms with Crippen molar-refractivity contribution >= 4 is 29.1 Å². The van der Waals surface area contributed by atoms with Gasteiger partial charge in [0.1, 0.15) is 11.6 Å². The largest absolute Gasteiger partial charge is 0.439 e.